The molecule has 0 unspecified atom stereocenters. The van der Waals surface area contributed by atoms with Gasteiger partial charge in [0.25, 0.3) is 5.91 Å². The first-order valence-corrected chi connectivity index (χ1v) is 8.77. The number of benzene rings is 2. The Bertz CT molecular complexity index is 784. The molecule has 2 aromatic carbocycles. The molecule has 136 valence electrons. The predicted molar refractivity (Wildman–Crippen MR) is 99.3 cm³/mol. The highest BCUT2D eigenvalue weighted by Crippen LogP contribution is 2.16. The minimum absolute atomic E-state index is 0.0684. The Morgan fingerprint density at radius 2 is 1.73 bits per heavy atom. The van der Waals surface area contributed by atoms with Crippen LogP contribution in [0.25, 0.3) is 0 Å². The number of hydrogen-bond acceptors (Lipinski definition) is 3. The molecule has 0 atom stereocenters. The lowest BCUT2D eigenvalue weighted by Crippen LogP contribution is -3.15. The van der Waals surface area contributed by atoms with Crippen LogP contribution in [-0.2, 0) is 4.79 Å². The van der Waals surface area contributed by atoms with Gasteiger partial charge in [-0.2, -0.15) is 0 Å². The molecule has 1 fully saturated rings. The van der Waals surface area contributed by atoms with Gasteiger partial charge in [-0.15, -0.1) is 0 Å². The van der Waals surface area contributed by atoms with Crippen molar-refractivity contribution in [2.24, 2.45) is 0 Å². The Balaban J connectivity index is 1.52. The third kappa shape index (κ3) is 4.46. The molecule has 1 amide bonds. The number of quaternary nitrogens is 1. The molecule has 0 spiro atoms. The number of carbonyl (C=O) groups is 2. The third-order valence-corrected chi connectivity index (χ3v) is 4.65. The third-order valence-electron chi connectivity index (χ3n) is 4.65. The predicted octanol–water partition coefficient (Wildman–Crippen LogP) is 1.37. The zero-order chi connectivity index (χ0) is 18.5. The summed E-state index contributed by atoms with van der Waals surface area (Å²) < 4.78 is 13.0. The molecule has 6 heteroatoms. The van der Waals surface area contributed by atoms with Crippen LogP contribution in [0, 0.1) is 5.82 Å². The lowest BCUT2D eigenvalue weighted by molar-refractivity contribution is -0.892. The number of nitrogens with zero attached hydrogens (tertiary/aromatic N) is 1. The van der Waals surface area contributed by atoms with Crippen molar-refractivity contribution in [2.75, 3.05) is 42.9 Å². The highest BCUT2D eigenvalue weighted by atomic mass is 19.1. The molecular weight excluding hydrogens is 333 g/mol. The van der Waals surface area contributed by atoms with E-state index in [-0.39, 0.29) is 17.5 Å². The van der Waals surface area contributed by atoms with E-state index >= 15 is 0 Å². The van der Waals surface area contributed by atoms with Crippen molar-refractivity contribution in [3.63, 3.8) is 0 Å². The van der Waals surface area contributed by atoms with Crippen molar-refractivity contribution >= 4 is 23.1 Å². The van der Waals surface area contributed by atoms with Gasteiger partial charge in [0.2, 0.25) is 0 Å². The second-order valence-corrected chi connectivity index (χ2v) is 6.54. The molecule has 3 rings (SSSR count). The van der Waals surface area contributed by atoms with Crippen molar-refractivity contribution in [2.45, 2.75) is 6.92 Å². The second-order valence-electron chi connectivity index (χ2n) is 6.54. The number of anilines is 2. The monoisotopic (exact) mass is 356 g/mol. The van der Waals surface area contributed by atoms with Crippen LogP contribution < -0.4 is 15.1 Å². The van der Waals surface area contributed by atoms with Gasteiger partial charge < -0.3 is 15.1 Å². The number of Topliss-reactive ketones (excluding diaryl/α,β-unsaturated/α-hetero) is 1. The number of carbonyl (C=O) groups excluding carboxylic acids is 2. The summed E-state index contributed by atoms with van der Waals surface area (Å²) >= 11 is 0. The summed E-state index contributed by atoms with van der Waals surface area (Å²) in [6.07, 6.45) is 0. The van der Waals surface area contributed by atoms with Crippen molar-refractivity contribution < 1.29 is 18.9 Å². The Kier molecular flexibility index (Phi) is 5.63. The molecule has 5 nitrogen and oxygen atoms in total. The average molecular weight is 356 g/mol. The van der Waals surface area contributed by atoms with Gasteiger partial charge in [-0.05, 0) is 43.3 Å². The number of para-hydroxylation sites is 1. The Hall–Kier alpha value is -2.73. The van der Waals surface area contributed by atoms with Crippen LogP contribution in [0.2, 0.25) is 0 Å². The van der Waals surface area contributed by atoms with E-state index < -0.39 is 0 Å². The largest absolute Gasteiger partial charge is 0.360 e. The first kappa shape index (κ1) is 18.1. The van der Waals surface area contributed by atoms with E-state index in [1.54, 1.807) is 36.4 Å². The van der Waals surface area contributed by atoms with Crippen LogP contribution in [0.15, 0.2) is 48.5 Å². The zero-order valence-corrected chi connectivity index (χ0v) is 14.8. The summed E-state index contributed by atoms with van der Waals surface area (Å²) in [4.78, 5) is 27.4. The quantitative estimate of drug-likeness (QED) is 0.796. The summed E-state index contributed by atoms with van der Waals surface area (Å²) in [5.41, 5.74) is 2.09. The number of halogens is 1. The molecule has 0 aromatic heterocycles. The summed E-state index contributed by atoms with van der Waals surface area (Å²) in [5.74, 6) is -0.398. The van der Waals surface area contributed by atoms with E-state index in [2.05, 4.69) is 10.2 Å². The second kappa shape index (κ2) is 8.10. The lowest BCUT2D eigenvalue weighted by atomic mass is 10.1. The van der Waals surface area contributed by atoms with Gasteiger partial charge in [-0.25, -0.2) is 4.39 Å². The standard InChI is InChI=1S/C20H22FN3O2/c1-15(25)18-4-2-3-5-19(18)22-20(26)14-23-10-12-24(13-11-23)17-8-6-16(21)7-9-17/h2-9H,10-14H2,1H3,(H,22,26)/p+1. The number of amides is 1. The maximum atomic E-state index is 13.0. The minimum Gasteiger partial charge on any atom is -0.360 e. The fourth-order valence-electron chi connectivity index (χ4n) is 3.23. The maximum Gasteiger partial charge on any atom is 0.279 e. The van der Waals surface area contributed by atoms with Gasteiger partial charge in [0.05, 0.1) is 31.9 Å². The molecule has 2 aromatic rings. The summed E-state index contributed by atoms with van der Waals surface area (Å²) in [6, 6.07) is 13.5. The van der Waals surface area contributed by atoms with Crippen LogP contribution in [0.4, 0.5) is 15.8 Å². The van der Waals surface area contributed by atoms with Crippen molar-refractivity contribution in [3.8, 4) is 0 Å². The van der Waals surface area contributed by atoms with Crippen LogP contribution >= 0.6 is 0 Å². The maximum absolute atomic E-state index is 13.0. The first-order valence-electron chi connectivity index (χ1n) is 8.77. The topological polar surface area (TPSA) is 53.9 Å². The molecule has 1 saturated heterocycles. The van der Waals surface area contributed by atoms with Gasteiger partial charge in [-0.1, -0.05) is 12.1 Å². The Labute approximate surface area is 152 Å². The van der Waals surface area contributed by atoms with E-state index in [0.29, 0.717) is 17.8 Å². The first-order chi connectivity index (χ1) is 12.5. The van der Waals surface area contributed by atoms with Crippen molar-refractivity contribution in [1.82, 2.24) is 0 Å². The summed E-state index contributed by atoms with van der Waals surface area (Å²) in [5, 5.41) is 2.85. The fourth-order valence-corrected chi connectivity index (χ4v) is 3.23. The van der Waals surface area contributed by atoms with Gasteiger partial charge in [0.1, 0.15) is 5.82 Å². The van der Waals surface area contributed by atoms with Crippen molar-refractivity contribution in [1.29, 1.82) is 0 Å². The molecule has 1 aliphatic heterocycles. The van der Waals surface area contributed by atoms with E-state index in [4.69, 9.17) is 0 Å². The van der Waals surface area contributed by atoms with Crippen molar-refractivity contribution in [3.05, 3.63) is 59.9 Å². The molecule has 26 heavy (non-hydrogen) atoms. The Morgan fingerprint density at radius 1 is 1.08 bits per heavy atom. The van der Waals surface area contributed by atoms with E-state index in [1.807, 2.05) is 0 Å². The highest BCUT2D eigenvalue weighted by molar-refractivity contribution is 6.03. The minimum atomic E-state index is -0.236. The van der Waals surface area contributed by atoms with Gasteiger partial charge >= 0.3 is 0 Å². The van der Waals surface area contributed by atoms with E-state index in [1.165, 1.54) is 24.0 Å². The number of rotatable bonds is 5. The van der Waals surface area contributed by atoms with Gasteiger partial charge in [0.15, 0.2) is 12.3 Å². The van der Waals surface area contributed by atoms with Crippen LogP contribution in [-0.4, -0.2) is 44.4 Å². The molecule has 0 saturated carbocycles. The molecular formula is C20H23FN3O2+. The summed E-state index contributed by atoms with van der Waals surface area (Å²) in [7, 11) is 0. The normalized spacial score (nSPS) is 14.9. The molecule has 1 heterocycles. The molecule has 2 N–H and O–H groups in total. The average Bonchev–Trinajstić information content (AvgIpc) is 2.63. The van der Waals surface area contributed by atoms with E-state index in [9.17, 15) is 14.0 Å². The van der Waals surface area contributed by atoms with Gasteiger partial charge in [-0.3, -0.25) is 9.59 Å². The molecule has 0 bridgehead atoms. The zero-order valence-electron chi connectivity index (χ0n) is 14.8. The Morgan fingerprint density at radius 3 is 2.38 bits per heavy atom. The molecule has 1 aliphatic rings. The van der Waals surface area contributed by atoms with Crippen LogP contribution in [0.1, 0.15) is 17.3 Å². The summed E-state index contributed by atoms with van der Waals surface area (Å²) in [6.45, 7) is 5.16. The van der Waals surface area contributed by atoms with Crippen LogP contribution in [0.5, 0.6) is 0 Å². The number of nitrogens with one attached hydrogen (secondary N) is 2. The SMILES string of the molecule is CC(=O)c1ccccc1NC(=O)C[NH+]1CCN(c2ccc(F)cc2)CC1. The van der Waals surface area contributed by atoms with E-state index in [0.717, 1.165) is 31.9 Å². The number of ketones is 1. The highest BCUT2D eigenvalue weighted by Gasteiger charge is 2.23. The molecule has 0 radical (unpaired) electrons. The smallest absolute Gasteiger partial charge is 0.279 e. The number of piperazine rings is 1. The number of hydrogen-bond donors (Lipinski definition) is 2. The fraction of sp³-hybridized carbons (Fsp3) is 0.300. The molecule has 0 aliphatic carbocycles. The van der Waals surface area contributed by atoms with Crippen LogP contribution in [0.3, 0.4) is 0 Å². The lowest BCUT2D eigenvalue weighted by Gasteiger charge is -2.33. The van der Waals surface area contributed by atoms with Gasteiger partial charge in [0, 0.05) is 11.3 Å².